The Kier molecular flexibility index (Phi) is 3.45. The maximum absolute atomic E-state index is 10.5. The molecular formula is C13H12N2O2. The zero-order chi connectivity index (χ0) is 12.1. The normalized spacial score (nSPS) is 9.94. The number of aromatic nitrogens is 2. The Morgan fingerprint density at radius 3 is 2.29 bits per heavy atom. The molecule has 86 valence electrons. The van der Waals surface area contributed by atoms with Crippen molar-refractivity contribution in [1.82, 2.24) is 9.97 Å². The van der Waals surface area contributed by atoms with Gasteiger partial charge in [0.1, 0.15) is 17.9 Å². The molecule has 17 heavy (non-hydrogen) atoms. The van der Waals surface area contributed by atoms with Gasteiger partial charge >= 0.3 is 0 Å². The van der Waals surface area contributed by atoms with Crippen LogP contribution in [-0.4, -0.2) is 16.3 Å². The van der Waals surface area contributed by atoms with Gasteiger partial charge in [-0.3, -0.25) is 4.79 Å². The standard InChI is InChI=1S/C13H12N2O2/c1-2-13-14-7-12(8-15-13)17-11-5-3-10(9-16)4-6-11/h3-9H,2H2,1H3. The molecule has 0 aliphatic heterocycles. The van der Waals surface area contributed by atoms with Gasteiger partial charge in [-0.05, 0) is 24.3 Å². The number of benzene rings is 1. The van der Waals surface area contributed by atoms with Crippen molar-refractivity contribution in [2.45, 2.75) is 13.3 Å². The molecule has 1 heterocycles. The van der Waals surface area contributed by atoms with Gasteiger partial charge in [-0.15, -0.1) is 0 Å². The van der Waals surface area contributed by atoms with Gasteiger partial charge in [0.2, 0.25) is 0 Å². The summed E-state index contributed by atoms with van der Waals surface area (Å²) in [6, 6.07) is 6.86. The molecule has 0 aliphatic rings. The molecule has 0 saturated carbocycles. The number of rotatable bonds is 4. The maximum atomic E-state index is 10.5. The first-order chi connectivity index (χ1) is 8.31. The summed E-state index contributed by atoms with van der Waals surface area (Å²) in [5.41, 5.74) is 0.620. The summed E-state index contributed by atoms with van der Waals surface area (Å²) in [5.74, 6) is 2.03. The van der Waals surface area contributed by atoms with Crippen molar-refractivity contribution >= 4 is 6.29 Å². The average Bonchev–Trinajstić information content (AvgIpc) is 2.40. The van der Waals surface area contributed by atoms with E-state index in [2.05, 4.69) is 9.97 Å². The molecule has 0 amide bonds. The third-order valence-electron chi connectivity index (χ3n) is 2.25. The minimum atomic E-state index is 0.584. The summed E-state index contributed by atoms with van der Waals surface area (Å²) < 4.78 is 5.54. The fraction of sp³-hybridized carbons (Fsp3) is 0.154. The van der Waals surface area contributed by atoms with Crippen molar-refractivity contribution in [2.75, 3.05) is 0 Å². The Balaban J connectivity index is 2.10. The van der Waals surface area contributed by atoms with Crippen LogP contribution in [0.15, 0.2) is 36.7 Å². The summed E-state index contributed by atoms with van der Waals surface area (Å²) in [7, 11) is 0. The molecule has 0 saturated heterocycles. The second-order valence-electron chi connectivity index (χ2n) is 3.48. The van der Waals surface area contributed by atoms with Crippen LogP contribution in [0.5, 0.6) is 11.5 Å². The second kappa shape index (κ2) is 5.21. The van der Waals surface area contributed by atoms with Crippen molar-refractivity contribution in [3.8, 4) is 11.5 Å². The van der Waals surface area contributed by atoms with E-state index in [0.717, 1.165) is 18.5 Å². The average molecular weight is 228 g/mol. The third kappa shape index (κ3) is 2.87. The van der Waals surface area contributed by atoms with E-state index in [1.807, 2.05) is 6.92 Å². The van der Waals surface area contributed by atoms with E-state index in [1.165, 1.54) is 0 Å². The van der Waals surface area contributed by atoms with E-state index in [0.29, 0.717) is 17.1 Å². The van der Waals surface area contributed by atoms with Crippen molar-refractivity contribution in [2.24, 2.45) is 0 Å². The topological polar surface area (TPSA) is 52.1 Å². The molecule has 0 unspecified atom stereocenters. The summed E-state index contributed by atoms with van der Waals surface area (Å²) >= 11 is 0. The molecule has 4 heteroatoms. The molecule has 1 aromatic carbocycles. The van der Waals surface area contributed by atoms with Gasteiger partial charge in [-0.2, -0.15) is 0 Å². The summed E-state index contributed by atoms with van der Waals surface area (Å²) in [4.78, 5) is 18.8. The van der Waals surface area contributed by atoms with E-state index >= 15 is 0 Å². The van der Waals surface area contributed by atoms with Crippen LogP contribution in [0, 0.1) is 0 Å². The molecule has 0 bridgehead atoms. The molecule has 2 aromatic rings. The summed E-state index contributed by atoms with van der Waals surface area (Å²) in [6.45, 7) is 1.99. The molecule has 1 aromatic heterocycles. The van der Waals surface area contributed by atoms with Crippen LogP contribution in [-0.2, 0) is 6.42 Å². The molecule has 0 N–H and O–H groups in total. The zero-order valence-electron chi connectivity index (χ0n) is 9.46. The predicted octanol–water partition coefficient (Wildman–Crippen LogP) is 2.64. The first-order valence-corrected chi connectivity index (χ1v) is 5.36. The number of carbonyl (C=O) groups is 1. The SMILES string of the molecule is CCc1ncc(Oc2ccc(C=O)cc2)cn1. The highest BCUT2D eigenvalue weighted by Crippen LogP contribution is 2.19. The van der Waals surface area contributed by atoms with Crippen LogP contribution in [0.25, 0.3) is 0 Å². The molecule has 0 atom stereocenters. The molecule has 2 rings (SSSR count). The number of aldehydes is 1. The van der Waals surface area contributed by atoms with Gasteiger partial charge in [0.25, 0.3) is 0 Å². The van der Waals surface area contributed by atoms with Crippen molar-refractivity contribution < 1.29 is 9.53 Å². The van der Waals surface area contributed by atoms with E-state index in [9.17, 15) is 4.79 Å². The molecule has 4 nitrogen and oxygen atoms in total. The van der Waals surface area contributed by atoms with E-state index in [1.54, 1.807) is 36.7 Å². The molecule has 0 aliphatic carbocycles. The van der Waals surface area contributed by atoms with Crippen LogP contribution in [0.1, 0.15) is 23.1 Å². The van der Waals surface area contributed by atoms with Gasteiger partial charge in [-0.1, -0.05) is 6.92 Å². The van der Waals surface area contributed by atoms with Crippen LogP contribution < -0.4 is 4.74 Å². The summed E-state index contributed by atoms with van der Waals surface area (Å²) in [5, 5.41) is 0. The van der Waals surface area contributed by atoms with Crippen LogP contribution in [0.4, 0.5) is 0 Å². The Labute approximate surface area is 99.3 Å². The molecular weight excluding hydrogens is 216 g/mol. The number of ether oxygens (including phenoxy) is 1. The van der Waals surface area contributed by atoms with Crippen LogP contribution >= 0.6 is 0 Å². The first kappa shape index (κ1) is 11.3. The Morgan fingerprint density at radius 2 is 1.76 bits per heavy atom. The first-order valence-electron chi connectivity index (χ1n) is 5.36. The number of hydrogen-bond donors (Lipinski definition) is 0. The van der Waals surface area contributed by atoms with Gasteiger partial charge in [0, 0.05) is 12.0 Å². The van der Waals surface area contributed by atoms with Crippen LogP contribution in [0.2, 0.25) is 0 Å². The van der Waals surface area contributed by atoms with E-state index in [-0.39, 0.29) is 0 Å². The van der Waals surface area contributed by atoms with Crippen molar-refractivity contribution in [1.29, 1.82) is 0 Å². The number of hydrogen-bond acceptors (Lipinski definition) is 4. The Bertz CT molecular complexity index is 492. The molecule has 0 radical (unpaired) electrons. The second-order valence-corrected chi connectivity index (χ2v) is 3.48. The fourth-order valence-corrected chi connectivity index (χ4v) is 1.33. The number of carbonyl (C=O) groups excluding carboxylic acids is 1. The maximum Gasteiger partial charge on any atom is 0.164 e. The van der Waals surface area contributed by atoms with Crippen molar-refractivity contribution in [3.63, 3.8) is 0 Å². The minimum absolute atomic E-state index is 0.584. The van der Waals surface area contributed by atoms with Crippen molar-refractivity contribution in [3.05, 3.63) is 48.0 Å². The number of nitrogens with zero attached hydrogens (tertiary/aromatic N) is 2. The smallest absolute Gasteiger partial charge is 0.164 e. The van der Waals surface area contributed by atoms with Gasteiger partial charge in [0.05, 0.1) is 12.4 Å². The zero-order valence-corrected chi connectivity index (χ0v) is 9.46. The lowest BCUT2D eigenvalue weighted by Gasteiger charge is -2.05. The highest BCUT2D eigenvalue weighted by molar-refractivity contribution is 5.74. The minimum Gasteiger partial charge on any atom is -0.454 e. The third-order valence-corrected chi connectivity index (χ3v) is 2.25. The predicted molar refractivity (Wildman–Crippen MR) is 63.3 cm³/mol. The Morgan fingerprint density at radius 1 is 1.12 bits per heavy atom. The Hall–Kier alpha value is -2.23. The lowest BCUT2D eigenvalue weighted by atomic mass is 10.2. The summed E-state index contributed by atoms with van der Waals surface area (Å²) in [6.07, 6.45) is 4.87. The lowest BCUT2D eigenvalue weighted by molar-refractivity contribution is 0.112. The quantitative estimate of drug-likeness (QED) is 0.755. The monoisotopic (exact) mass is 228 g/mol. The molecule has 0 fully saturated rings. The van der Waals surface area contributed by atoms with Crippen LogP contribution in [0.3, 0.4) is 0 Å². The van der Waals surface area contributed by atoms with Gasteiger partial charge in [0.15, 0.2) is 5.75 Å². The lowest BCUT2D eigenvalue weighted by Crippen LogP contribution is -1.93. The number of aryl methyl sites for hydroxylation is 1. The molecule has 0 spiro atoms. The fourth-order valence-electron chi connectivity index (χ4n) is 1.33. The van der Waals surface area contributed by atoms with Gasteiger partial charge < -0.3 is 4.74 Å². The highest BCUT2D eigenvalue weighted by atomic mass is 16.5. The van der Waals surface area contributed by atoms with Gasteiger partial charge in [-0.25, -0.2) is 9.97 Å². The highest BCUT2D eigenvalue weighted by Gasteiger charge is 1.99. The largest absolute Gasteiger partial charge is 0.454 e. The van der Waals surface area contributed by atoms with E-state index < -0.39 is 0 Å². The van der Waals surface area contributed by atoms with E-state index in [4.69, 9.17) is 4.74 Å².